The van der Waals surface area contributed by atoms with Crippen molar-refractivity contribution >= 4 is 11.6 Å². The molecular weight excluding hydrogens is 244 g/mol. The van der Waals surface area contributed by atoms with Crippen molar-refractivity contribution < 1.29 is 14.3 Å². The van der Waals surface area contributed by atoms with Crippen molar-refractivity contribution in [2.45, 2.75) is 13.8 Å². The molecular formula is C14H22N2O3. The minimum atomic E-state index is -0.0644. The summed E-state index contributed by atoms with van der Waals surface area (Å²) in [5.74, 6) is 0.474. The summed E-state index contributed by atoms with van der Waals surface area (Å²) >= 11 is 0. The number of nitrogen functional groups attached to an aromatic ring is 1. The Morgan fingerprint density at radius 3 is 2.68 bits per heavy atom. The zero-order valence-electron chi connectivity index (χ0n) is 11.6. The van der Waals surface area contributed by atoms with Gasteiger partial charge in [-0.05, 0) is 26.0 Å². The molecule has 0 fully saturated rings. The highest BCUT2D eigenvalue weighted by molar-refractivity contribution is 5.78. The van der Waals surface area contributed by atoms with E-state index in [1.54, 1.807) is 17.0 Å². The number of nitrogens with two attached hydrogens (primary N) is 1. The summed E-state index contributed by atoms with van der Waals surface area (Å²) in [4.78, 5) is 13.7. The summed E-state index contributed by atoms with van der Waals surface area (Å²) in [5.41, 5.74) is 6.28. The number of anilines is 1. The fraction of sp³-hybridized carbons (Fsp3) is 0.500. The molecule has 1 aromatic carbocycles. The zero-order chi connectivity index (χ0) is 14.1. The van der Waals surface area contributed by atoms with Crippen LogP contribution < -0.4 is 10.5 Å². The second-order valence-electron chi connectivity index (χ2n) is 4.00. The Morgan fingerprint density at radius 2 is 2.05 bits per heavy atom. The van der Waals surface area contributed by atoms with Crippen LogP contribution in [-0.4, -0.2) is 43.7 Å². The predicted octanol–water partition coefficient (Wildman–Crippen LogP) is 1.53. The molecule has 0 saturated heterocycles. The molecule has 0 heterocycles. The molecule has 0 radical (unpaired) electrons. The highest BCUT2D eigenvalue weighted by atomic mass is 16.5. The molecule has 19 heavy (non-hydrogen) atoms. The quantitative estimate of drug-likeness (QED) is 0.572. The Hall–Kier alpha value is -1.75. The van der Waals surface area contributed by atoms with Gasteiger partial charge in [-0.2, -0.15) is 0 Å². The topological polar surface area (TPSA) is 64.8 Å². The summed E-state index contributed by atoms with van der Waals surface area (Å²) in [6.07, 6.45) is 0. The number of para-hydroxylation sites is 2. The number of amides is 1. The van der Waals surface area contributed by atoms with E-state index in [0.717, 1.165) is 0 Å². The maximum absolute atomic E-state index is 12.0. The predicted molar refractivity (Wildman–Crippen MR) is 75.1 cm³/mol. The standard InChI is InChI=1S/C14H22N2O3/c1-3-16(9-10-18-4-2)14(17)11-19-13-8-6-5-7-12(13)15/h5-8H,3-4,9-11,15H2,1-2H3. The largest absolute Gasteiger partial charge is 0.482 e. The molecule has 0 spiro atoms. The molecule has 0 unspecified atom stereocenters. The molecule has 1 aromatic rings. The smallest absolute Gasteiger partial charge is 0.260 e. The monoisotopic (exact) mass is 266 g/mol. The molecule has 0 aromatic heterocycles. The van der Waals surface area contributed by atoms with Gasteiger partial charge in [-0.1, -0.05) is 12.1 Å². The second kappa shape index (κ2) is 8.37. The number of benzene rings is 1. The van der Waals surface area contributed by atoms with E-state index in [4.69, 9.17) is 15.2 Å². The van der Waals surface area contributed by atoms with Gasteiger partial charge in [0.05, 0.1) is 12.3 Å². The Labute approximate surface area is 114 Å². The van der Waals surface area contributed by atoms with Crippen LogP contribution in [0.5, 0.6) is 5.75 Å². The molecule has 1 amide bonds. The molecule has 5 nitrogen and oxygen atoms in total. The number of nitrogens with zero attached hydrogens (tertiary/aromatic N) is 1. The van der Waals surface area contributed by atoms with Crippen molar-refractivity contribution in [2.24, 2.45) is 0 Å². The Bertz CT molecular complexity index is 396. The summed E-state index contributed by atoms with van der Waals surface area (Å²) in [7, 11) is 0. The highest BCUT2D eigenvalue weighted by Crippen LogP contribution is 2.19. The van der Waals surface area contributed by atoms with E-state index in [-0.39, 0.29) is 12.5 Å². The molecule has 106 valence electrons. The lowest BCUT2D eigenvalue weighted by atomic mass is 10.3. The van der Waals surface area contributed by atoms with Gasteiger partial charge in [-0.3, -0.25) is 4.79 Å². The van der Waals surface area contributed by atoms with Crippen molar-refractivity contribution in [1.29, 1.82) is 0 Å². The van der Waals surface area contributed by atoms with E-state index < -0.39 is 0 Å². The van der Waals surface area contributed by atoms with Crippen LogP contribution in [-0.2, 0) is 9.53 Å². The number of rotatable bonds is 8. The average Bonchev–Trinajstić information content (AvgIpc) is 2.42. The molecule has 0 atom stereocenters. The molecule has 2 N–H and O–H groups in total. The first kappa shape index (κ1) is 15.3. The van der Waals surface area contributed by atoms with E-state index >= 15 is 0 Å². The Balaban J connectivity index is 2.42. The van der Waals surface area contributed by atoms with Gasteiger partial charge in [0.2, 0.25) is 0 Å². The van der Waals surface area contributed by atoms with Crippen molar-refractivity contribution in [3.63, 3.8) is 0 Å². The van der Waals surface area contributed by atoms with Gasteiger partial charge in [0.1, 0.15) is 5.75 Å². The van der Waals surface area contributed by atoms with Crippen LogP contribution in [0.25, 0.3) is 0 Å². The molecule has 1 rings (SSSR count). The van der Waals surface area contributed by atoms with Gasteiger partial charge in [0.25, 0.3) is 5.91 Å². The Morgan fingerprint density at radius 1 is 1.32 bits per heavy atom. The maximum Gasteiger partial charge on any atom is 0.260 e. The van der Waals surface area contributed by atoms with Crippen molar-refractivity contribution in [3.8, 4) is 5.75 Å². The third-order valence-electron chi connectivity index (χ3n) is 2.71. The lowest BCUT2D eigenvalue weighted by molar-refractivity contribution is -0.133. The van der Waals surface area contributed by atoms with Crippen molar-refractivity contribution in [3.05, 3.63) is 24.3 Å². The fourth-order valence-electron chi connectivity index (χ4n) is 1.62. The lowest BCUT2D eigenvalue weighted by Gasteiger charge is -2.21. The van der Waals surface area contributed by atoms with E-state index in [0.29, 0.717) is 37.7 Å². The van der Waals surface area contributed by atoms with Gasteiger partial charge in [0.15, 0.2) is 6.61 Å². The van der Waals surface area contributed by atoms with Crippen molar-refractivity contribution in [2.75, 3.05) is 38.6 Å². The van der Waals surface area contributed by atoms with E-state index in [2.05, 4.69) is 0 Å². The first-order valence-electron chi connectivity index (χ1n) is 6.51. The molecule has 0 aliphatic heterocycles. The lowest BCUT2D eigenvalue weighted by Crippen LogP contribution is -2.37. The first-order valence-corrected chi connectivity index (χ1v) is 6.51. The number of ether oxygens (including phenoxy) is 2. The summed E-state index contributed by atoms with van der Waals surface area (Å²) in [5, 5.41) is 0. The van der Waals surface area contributed by atoms with Crippen LogP contribution in [0.15, 0.2) is 24.3 Å². The summed E-state index contributed by atoms with van der Waals surface area (Å²) in [6.45, 7) is 6.27. The van der Waals surface area contributed by atoms with Crippen LogP contribution in [0.1, 0.15) is 13.8 Å². The van der Waals surface area contributed by atoms with Crippen LogP contribution >= 0.6 is 0 Å². The van der Waals surface area contributed by atoms with Crippen LogP contribution in [0.4, 0.5) is 5.69 Å². The summed E-state index contributed by atoms with van der Waals surface area (Å²) in [6, 6.07) is 7.14. The van der Waals surface area contributed by atoms with Gasteiger partial charge >= 0.3 is 0 Å². The molecule has 0 aliphatic carbocycles. The molecule has 0 saturated carbocycles. The van der Waals surface area contributed by atoms with Crippen LogP contribution in [0.3, 0.4) is 0 Å². The number of carbonyl (C=O) groups excluding carboxylic acids is 1. The van der Waals surface area contributed by atoms with Crippen LogP contribution in [0, 0.1) is 0 Å². The fourth-order valence-corrected chi connectivity index (χ4v) is 1.62. The number of hydrogen-bond donors (Lipinski definition) is 1. The molecule has 5 heteroatoms. The minimum absolute atomic E-state index is 0.00578. The second-order valence-corrected chi connectivity index (χ2v) is 4.00. The minimum Gasteiger partial charge on any atom is -0.482 e. The van der Waals surface area contributed by atoms with Gasteiger partial charge in [0, 0.05) is 19.7 Å². The average molecular weight is 266 g/mol. The number of hydrogen-bond acceptors (Lipinski definition) is 4. The van der Waals surface area contributed by atoms with Crippen molar-refractivity contribution in [1.82, 2.24) is 4.90 Å². The van der Waals surface area contributed by atoms with E-state index in [1.165, 1.54) is 0 Å². The molecule has 0 aliphatic rings. The van der Waals surface area contributed by atoms with E-state index in [9.17, 15) is 4.79 Å². The maximum atomic E-state index is 12.0. The van der Waals surface area contributed by atoms with Gasteiger partial charge in [-0.25, -0.2) is 0 Å². The molecule has 0 bridgehead atoms. The summed E-state index contributed by atoms with van der Waals surface area (Å²) < 4.78 is 10.7. The van der Waals surface area contributed by atoms with E-state index in [1.807, 2.05) is 26.0 Å². The number of carbonyl (C=O) groups is 1. The van der Waals surface area contributed by atoms with Gasteiger partial charge < -0.3 is 20.1 Å². The normalized spacial score (nSPS) is 10.2. The SMILES string of the molecule is CCOCCN(CC)C(=O)COc1ccccc1N. The van der Waals surface area contributed by atoms with Crippen LogP contribution in [0.2, 0.25) is 0 Å². The Kier molecular flexibility index (Phi) is 6.74. The highest BCUT2D eigenvalue weighted by Gasteiger charge is 2.12. The first-order chi connectivity index (χ1) is 9.19. The van der Waals surface area contributed by atoms with Gasteiger partial charge in [-0.15, -0.1) is 0 Å². The third-order valence-corrected chi connectivity index (χ3v) is 2.71. The number of likely N-dealkylation sites (N-methyl/N-ethyl adjacent to an activating group) is 1. The zero-order valence-corrected chi connectivity index (χ0v) is 11.6. The third kappa shape index (κ3) is 5.18.